The molecule has 0 aliphatic carbocycles. The molecule has 0 atom stereocenters. The number of alkyl halides is 3. The SMILES string of the molecule is CN(C)CCOc1ccc(C#N)c(C(F)(F)F)c1. The van der Waals surface area contributed by atoms with Crippen LogP contribution in [0, 0.1) is 11.3 Å². The number of hydrogen-bond acceptors (Lipinski definition) is 3. The molecule has 1 aromatic rings. The highest BCUT2D eigenvalue weighted by atomic mass is 19.4. The number of ether oxygens (including phenoxy) is 1. The second-order valence-corrected chi connectivity index (χ2v) is 3.97. The predicted octanol–water partition coefficient (Wildman–Crippen LogP) is 2.52. The van der Waals surface area contributed by atoms with Gasteiger partial charge >= 0.3 is 6.18 Å². The van der Waals surface area contributed by atoms with Crippen LogP contribution in [-0.2, 0) is 6.18 Å². The molecule has 0 N–H and O–H groups in total. The lowest BCUT2D eigenvalue weighted by atomic mass is 10.1. The summed E-state index contributed by atoms with van der Waals surface area (Å²) in [7, 11) is 3.67. The quantitative estimate of drug-likeness (QED) is 0.832. The third-order valence-corrected chi connectivity index (χ3v) is 2.22. The van der Waals surface area contributed by atoms with E-state index in [1.54, 1.807) is 0 Å². The average molecular weight is 258 g/mol. The van der Waals surface area contributed by atoms with Crippen molar-refractivity contribution in [2.45, 2.75) is 6.18 Å². The van der Waals surface area contributed by atoms with E-state index < -0.39 is 17.3 Å². The molecule has 0 amide bonds. The molecule has 0 saturated heterocycles. The highest BCUT2D eigenvalue weighted by Crippen LogP contribution is 2.34. The van der Waals surface area contributed by atoms with Gasteiger partial charge in [0, 0.05) is 6.54 Å². The summed E-state index contributed by atoms with van der Waals surface area (Å²) in [6.45, 7) is 0.886. The number of nitriles is 1. The Morgan fingerprint density at radius 3 is 2.50 bits per heavy atom. The van der Waals surface area contributed by atoms with E-state index in [1.165, 1.54) is 12.1 Å². The Balaban J connectivity index is 2.88. The monoisotopic (exact) mass is 258 g/mol. The Morgan fingerprint density at radius 2 is 2.00 bits per heavy atom. The largest absolute Gasteiger partial charge is 0.492 e. The first-order valence-electron chi connectivity index (χ1n) is 5.23. The number of benzene rings is 1. The fourth-order valence-corrected chi connectivity index (χ4v) is 1.29. The van der Waals surface area contributed by atoms with Crippen LogP contribution in [0.15, 0.2) is 18.2 Å². The normalized spacial score (nSPS) is 11.4. The molecule has 0 heterocycles. The van der Waals surface area contributed by atoms with Crippen molar-refractivity contribution < 1.29 is 17.9 Å². The predicted molar refractivity (Wildman–Crippen MR) is 60.2 cm³/mol. The molecule has 0 radical (unpaired) electrons. The maximum absolute atomic E-state index is 12.7. The van der Waals surface area contributed by atoms with Gasteiger partial charge in [0.25, 0.3) is 0 Å². The van der Waals surface area contributed by atoms with Gasteiger partial charge in [-0.3, -0.25) is 0 Å². The van der Waals surface area contributed by atoms with E-state index in [0.29, 0.717) is 6.54 Å². The fourth-order valence-electron chi connectivity index (χ4n) is 1.29. The molecule has 18 heavy (non-hydrogen) atoms. The lowest BCUT2D eigenvalue weighted by Gasteiger charge is -2.13. The van der Waals surface area contributed by atoms with Gasteiger partial charge in [0.15, 0.2) is 0 Å². The zero-order valence-electron chi connectivity index (χ0n) is 10.1. The minimum Gasteiger partial charge on any atom is -0.492 e. The third kappa shape index (κ3) is 3.93. The molecule has 0 aromatic heterocycles. The van der Waals surface area contributed by atoms with Gasteiger partial charge in [0.2, 0.25) is 0 Å². The Hall–Kier alpha value is -1.74. The van der Waals surface area contributed by atoms with Crippen LogP contribution in [0.5, 0.6) is 5.75 Å². The number of hydrogen-bond donors (Lipinski definition) is 0. The summed E-state index contributed by atoms with van der Waals surface area (Å²) in [6.07, 6.45) is -4.55. The molecule has 6 heteroatoms. The van der Waals surface area contributed by atoms with E-state index in [2.05, 4.69) is 0 Å². The molecule has 0 unspecified atom stereocenters. The molecule has 0 aliphatic rings. The van der Waals surface area contributed by atoms with Crippen molar-refractivity contribution in [1.29, 1.82) is 5.26 Å². The van der Waals surface area contributed by atoms with E-state index in [0.717, 1.165) is 12.1 Å². The second kappa shape index (κ2) is 5.74. The Kier molecular flexibility index (Phi) is 4.56. The summed E-state index contributed by atoms with van der Waals surface area (Å²) < 4.78 is 43.2. The molecule has 0 spiro atoms. The molecule has 0 saturated carbocycles. The minimum absolute atomic E-state index is 0.114. The molecule has 1 rings (SSSR count). The van der Waals surface area contributed by atoms with Crippen LogP contribution in [-0.4, -0.2) is 32.1 Å². The molecular formula is C12H13F3N2O. The van der Waals surface area contributed by atoms with Crippen LogP contribution >= 0.6 is 0 Å². The van der Waals surface area contributed by atoms with Gasteiger partial charge in [-0.1, -0.05) is 0 Å². The van der Waals surface area contributed by atoms with Gasteiger partial charge in [0.1, 0.15) is 12.4 Å². The third-order valence-electron chi connectivity index (χ3n) is 2.22. The van der Waals surface area contributed by atoms with E-state index in [-0.39, 0.29) is 12.4 Å². The molecular weight excluding hydrogens is 245 g/mol. The maximum atomic E-state index is 12.7. The highest BCUT2D eigenvalue weighted by Gasteiger charge is 2.34. The molecule has 1 aromatic carbocycles. The van der Waals surface area contributed by atoms with Gasteiger partial charge in [-0.25, -0.2) is 0 Å². The van der Waals surface area contributed by atoms with Crippen molar-refractivity contribution in [3.05, 3.63) is 29.3 Å². The number of nitrogens with zero attached hydrogens (tertiary/aromatic N) is 2. The van der Waals surface area contributed by atoms with Crippen molar-refractivity contribution in [2.24, 2.45) is 0 Å². The lowest BCUT2D eigenvalue weighted by Crippen LogP contribution is -2.19. The molecule has 0 bridgehead atoms. The number of likely N-dealkylation sites (N-methyl/N-ethyl adjacent to an activating group) is 1. The fraction of sp³-hybridized carbons (Fsp3) is 0.417. The number of halogens is 3. The molecule has 98 valence electrons. The van der Waals surface area contributed by atoms with Crippen LogP contribution in [0.25, 0.3) is 0 Å². The van der Waals surface area contributed by atoms with Crippen LogP contribution in [0.4, 0.5) is 13.2 Å². The molecule has 0 fully saturated rings. The van der Waals surface area contributed by atoms with Crippen LogP contribution in [0.3, 0.4) is 0 Å². The van der Waals surface area contributed by atoms with E-state index in [9.17, 15) is 13.2 Å². The van der Waals surface area contributed by atoms with E-state index >= 15 is 0 Å². The van der Waals surface area contributed by atoms with Gasteiger partial charge in [0.05, 0.1) is 17.2 Å². The average Bonchev–Trinajstić information content (AvgIpc) is 2.27. The Morgan fingerprint density at radius 1 is 1.33 bits per heavy atom. The topological polar surface area (TPSA) is 36.3 Å². The standard InChI is InChI=1S/C12H13F3N2O/c1-17(2)5-6-18-10-4-3-9(8-16)11(7-10)12(13,14)15/h3-4,7H,5-6H2,1-2H3. The summed E-state index contributed by atoms with van der Waals surface area (Å²) in [4.78, 5) is 1.86. The lowest BCUT2D eigenvalue weighted by molar-refractivity contribution is -0.137. The van der Waals surface area contributed by atoms with Crippen LogP contribution in [0.2, 0.25) is 0 Å². The zero-order valence-corrected chi connectivity index (χ0v) is 10.1. The summed E-state index contributed by atoms with van der Waals surface area (Å²) in [5.41, 5.74) is -1.37. The summed E-state index contributed by atoms with van der Waals surface area (Å²) in [5.74, 6) is 0.114. The first-order valence-corrected chi connectivity index (χ1v) is 5.23. The van der Waals surface area contributed by atoms with Gasteiger partial charge in [-0.05, 0) is 32.3 Å². The van der Waals surface area contributed by atoms with Gasteiger partial charge in [-0.15, -0.1) is 0 Å². The number of rotatable bonds is 4. The van der Waals surface area contributed by atoms with Gasteiger partial charge < -0.3 is 9.64 Å². The smallest absolute Gasteiger partial charge is 0.417 e. The van der Waals surface area contributed by atoms with Gasteiger partial charge in [-0.2, -0.15) is 18.4 Å². The Bertz CT molecular complexity index is 450. The Labute approximate surface area is 103 Å². The zero-order chi connectivity index (χ0) is 13.8. The maximum Gasteiger partial charge on any atom is 0.417 e. The van der Waals surface area contributed by atoms with Crippen LogP contribution < -0.4 is 4.74 Å². The molecule has 3 nitrogen and oxygen atoms in total. The highest BCUT2D eigenvalue weighted by molar-refractivity contribution is 5.44. The van der Waals surface area contributed by atoms with E-state index in [4.69, 9.17) is 10.00 Å². The summed E-state index contributed by atoms with van der Waals surface area (Å²) in [6, 6.07) is 4.86. The van der Waals surface area contributed by atoms with Crippen molar-refractivity contribution in [2.75, 3.05) is 27.2 Å². The van der Waals surface area contributed by atoms with Crippen molar-refractivity contribution in [1.82, 2.24) is 4.90 Å². The van der Waals surface area contributed by atoms with Crippen LogP contribution in [0.1, 0.15) is 11.1 Å². The van der Waals surface area contributed by atoms with E-state index in [1.807, 2.05) is 19.0 Å². The summed E-state index contributed by atoms with van der Waals surface area (Å²) >= 11 is 0. The first kappa shape index (κ1) is 14.3. The van der Waals surface area contributed by atoms with Crippen molar-refractivity contribution >= 4 is 0 Å². The minimum atomic E-state index is -4.55. The summed E-state index contributed by atoms with van der Waals surface area (Å²) in [5, 5.41) is 8.62. The van der Waals surface area contributed by atoms with Crippen molar-refractivity contribution in [3.63, 3.8) is 0 Å². The van der Waals surface area contributed by atoms with Crippen molar-refractivity contribution in [3.8, 4) is 11.8 Å². The molecule has 0 aliphatic heterocycles. The second-order valence-electron chi connectivity index (χ2n) is 3.97. The first-order chi connectivity index (χ1) is 8.34.